The van der Waals surface area contributed by atoms with Gasteiger partial charge < -0.3 is 9.84 Å². The van der Waals surface area contributed by atoms with Gasteiger partial charge in [-0.05, 0) is 25.7 Å². The van der Waals surface area contributed by atoms with Gasteiger partial charge in [-0.2, -0.15) is 0 Å². The summed E-state index contributed by atoms with van der Waals surface area (Å²) in [5.41, 5.74) is -0.946. The van der Waals surface area contributed by atoms with Crippen LogP contribution in [0.3, 0.4) is 0 Å². The molecule has 11 heavy (non-hydrogen) atoms. The van der Waals surface area contributed by atoms with Gasteiger partial charge in [0.2, 0.25) is 0 Å². The average molecular weight is 158 g/mol. The summed E-state index contributed by atoms with van der Waals surface area (Å²) in [5.74, 6) is -0.724. The van der Waals surface area contributed by atoms with Crippen molar-refractivity contribution >= 4 is 5.97 Å². The van der Waals surface area contributed by atoms with Crippen LogP contribution in [0.25, 0.3) is 0 Å². The van der Waals surface area contributed by atoms with E-state index in [2.05, 4.69) is 0 Å². The van der Waals surface area contributed by atoms with E-state index < -0.39 is 11.6 Å². The number of hydrogen-bond donors (Lipinski definition) is 1. The summed E-state index contributed by atoms with van der Waals surface area (Å²) < 4.78 is 5.24. The predicted octanol–water partition coefficient (Wildman–Crippen LogP) is 1.28. The Morgan fingerprint density at radius 3 is 2.73 bits per heavy atom. The Hall–Kier alpha value is -0.570. The SMILES string of the molecule is CC1CCCOC1(C)C(=O)O. The molecule has 0 aromatic heterocycles. The molecule has 0 aromatic rings. The highest BCUT2D eigenvalue weighted by Gasteiger charge is 2.41. The largest absolute Gasteiger partial charge is 0.479 e. The first-order chi connectivity index (χ1) is 5.07. The number of carboxylic acids is 1. The van der Waals surface area contributed by atoms with E-state index in [1.54, 1.807) is 6.92 Å². The summed E-state index contributed by atoms with van der Waals surface area (Å²) in [4.78, 5) is 10.8. The normalized spacial score (nSPS) is 38.5. The topological polar surface area (TPSA) is 46.5 Å². The summed E-state index contributed by atoms with van der Waals surface area (Å²) in [7, 11) is 0. The average Bonchev–Trinajstić information content (AvgIpc) is 1.95. The third kappa shape index (κ3) is 1.38. The Bertz CT molecular complexity index is 167. The zero-order valence-corrected chi connectivity index (χ0v) is 6.96. The third-order valence-electron chi connectivity index (χ3n) is 2.55. The smallest absolute Gasteiger partial charge is 0.335 e. The fraction of sp³-hybridized carbons (Fsp3) is 0.875. The second kappa shape index (κ2) is 2.81. The van der Waals surface area contributed by atoms with E-state index in [1.165, 1.54) is 0 Å². The zero-order valence-electron chi connectivity index (χ0n) is 6.96. The standard InChI is InChI=1S/C8H14O3/c1-6-4-3-5-11-8(6,2)7(9)10/h6H,3-5H2,1-2H3,(H,9,10). The van der Waals surface area contributed by atoms with Crippen molar-refractivity contribution in [1.82, 2.24) is 0 Å². The molecule has 1 rings (SSSR count). The fourth-order valence-corrected chi connectivity index (χ4v) is 1.36. The van der Waals surface area contributed by atoms with Gasteiger partial charge in [-0.25, -0.2) is 4.79 Å². The van der Waals surface area contributed by atoms with Gasteiger partial charge in [-0.15, -0.1) is 0 Å². The minimum Gasteiger partial charge on any atom is -0.479 e. The zero-order chi connectivity index (χ0) is 8.48. The van der Waals surface area contributed by atoms with Crippen LogP contribution in [0.1, 0.15) is 26.7 Å². The summed E-state index contributed by atoms with van der Waals surface area (Å²) in [6.45, 7) is 4.15. The Labute approximate surface area is 66.4 Å². The lowest BCUT2D eigenvalue weighted by Crippen LogP contribution is -2.47. The number of aliphatic carboxylic acids is 1. The molecule has 1 fully saturated rings. The molecule has 0 spiro atoms. The van der Waals surface area contributed by atoms with Gasteiger partial charge in [-0.1, -0.05) is 6.92 Å². The van der Waals surface area contributed by atoms with Crippen molar-refractivity contribution in [2.24, 2.45) is 5.92 Å². The second-order valence-corrected chi connectivity index (χ2v) is 3.30. The third-order valence-corrected chi connectivity index (χ3v) is 2.55. The van der Waals surface area contributed by atoms with Crippen LogP contribution in [0, 0.1) is 5.92 Å². The molecular formula is C8H14O3. The molecule has 1 saturated heterocycles. The molecule has 1 aliphatic rings. The molecule has 0 bridgehead atoms. The Kier molecular flexibility index (Phi) is 2.18. The van der Waals surface area contributed by atoms with Crippen LogP contribution in [0.15, 0.2) is 0 Å². The molecule has 3 heteroatoms. The van der Waals surface area contributed by atoms with Crippen molar-refractivity contribution < 1.29 is 14.6 Å². The van der Waals surface area contributed by atoms with Crippen molar-refractivity contribution in [1.29, 1.82) is 0 Å². The minimum atomic E-state index is -0.946. The second-order valence-electron chi connectivity index (χ2n) is 3.30. The van der Waals surface area contributed by atoms with Crippen LogP contribution in [0.4, 0.5) is 0 Å². The van der Waals surface area contributed by atoms with Crippen LogP contribution in [-0.4, -0.2) is 23.3 Å². The minimum absolute atomic E-state index is 0.119. The van der Waals surface area contributed by atoms with Crippen molar-refractivity contribution in [3.05, 3.63) is 0 Å². The molecule has 3 nitrogen and oxygen atoms in total. The summed E-state index contributed by atoms with van der Waals surface area (Å²) in [6.07, 6.45) is 1.92. The lowest BCUT2D eigenvalue weighted by atomic mass is 9.85. The molecule has 1 heterocycles. The lowest BCUT2D eigenvalue weighted by molar-refractivity contribution is -0.177. The predicted molar refractivity (Wildman–Crippen MR) is 40.4 cm³/mol. The van der Waals surface area contributed by atoms with Gasteiger partial charge in [0.25, 0.3) is 0 Å². The molecule has 1 aliphatic heterocycles. The quantitative estimate of drug-likeness (QED) is 0.625. The number of carboxylic acid groups (broad SMARTS) is 1. The highest BCUT2D eigenvalue weighted by molar-refractivity contribution is 5.77. The van der Waals surface area contributed by atoms with Gasteiger partial charge in [0.1, 0.15) is 0 Å². The van der Waals surface area contributed by atoms with E-state index >= 15 is 0 Å². The lowest BCUT2D eigenvalue weighted by Gasteiger charge is -2.35. The summed E-state index contributed by atoms with van der Waals surface area (Å²) in [6, 6.07) is 0. The molecule has 2 unspecified atom stereocenters. The molecule has 0 aliphatic carbocycles. The Morgan fingerprint density at radius 1 is 1.73 bits per heavy atom. The van der Waals surface area contributed by atoms with E-state index in [0.717, 1.165) is 12.8 Å². The molecule has 0 radical (unpaired) electrons. The van der Waals surface area contributed by atoms with E-state index in [4.69, 9.17) is 9.84 Å². The molecule has 2 atom stereocenters. The van der Waals surface area contributed by atoms with Gasteiger partial charge in [0.15, 0.2) is 5.60 Å². The molecule has 0 saturated carbocycles. The number of hydrogen-bond acceptors (Lipinski definition) is 2. The highest BCUT2D eigenvalue weighted by atomic mass is 16.5. The van der Waals surface area contributed by atoms with E-state index in [-0.39, 0.29) is 5.92 Å². The molecule has 0 amide bonds. The highest BCUT2D eigenvalue weighted by Crippen LogP contribution is 2.30. The number of rotatable bonds is 1. The maximum atomic E-state index is 10.8. The molecule has 64 valence electrons. The van der Waals surface area contributed by atoms with Gasteiger partial charge in [0, 0.05) is 6.61 Å². The van der Waals surface area contributed by atoms with Gasteiger partial charge in [-0.3, -0.25) is 0 Å². The Morgan fingerprint density at radius 2 is 2.36 bits per heavy atom. The maximum absolute atomic E-state index is 10.8. The monoisotopic (exact) mass is 158 g/mol. The van der Waals surface area contributed by atoms with Crippen molar-refractivity contribution in [2.45, 2.75) is 32.3 Å². The maximum Gasteiger partial charge on any atom is 0.335 e. The van der Waals surface area contributed by atoms with Crippen LogP contribution >= 0.6 is 0 Å². The molecule has 1 N–H and O–H groups in total. The molecular weight excluding hydrogens is 144 g/mol. The Balaban J connectivity index is 2.72. The van der Waals surface area contributed by atoms with Crippen molar-refractivity contribution in [2.75, 3.05) is 6.61 Å². The first-order valence-corrected chi connectivity index (χ1v) is 3.94. The van der Waals surface area contributed by atoms with Crippen molar-refractivity contribution in [3.8, 4) is 0 Å². The fourth-order valence-electron chi connectivity index (χ4n) is 1.36. The summed E-state index contributed by atoms with van der Waals surface area (Å²) in [5, 5.41) is 8.84. The van der Waals surface area contributed by atoms with Crippen LogP contribution < -0.4 is 0 Å². The van der Waals surface area contributed by atoms with Crippen LogP contribution in [-0.2, 0) is 9.53 Å². The van der Waals surface area contributed by atoms with Gasteiger partial charge in [0.05, 0.1) is 0 Å². The van der Waals surface area contributed by atoms with Gasteiger partial charge >= 0.3 is 5.97 Å². The number of carbonyl (C=O) groups is 1. The van der Waals surface area contributed by atoms with Crippen molar-refractivity contribution in [3.63, 3.8) is 0 Å². The first kappa shape index (κ1) is 8.53. The first-order valence-electron chi connectivity index (χ1n) is 3.94. The number of ether oxygens (including phenoxy) is 1. The van der Waals surface area contributed by atoms with E-state index in [1.807, 2.05) is 6.92 Å². The van der Waals surface area contributed by atoms with Crippen LogP contribution in [0.5, 0.6) is 0 Å². The molecule has 0 aromatic carbocycles. The van der Waals surface area contributed by atoms with E-state index in [9.17, 15) is 4.79 Å². The van der Waals surface area contributed by atoms with E-state index in [0.29, 0.717) is 6.61 Å². The van der Waals surface area contributed by atoms with Crippen LogP contribution in [0.2, 0.25) is 0 Å². The summed E-state index contributed by atoms with van der Waals surface area (Å²) >= 11 is 0.